The van der Waals surface area contributed by atoms with E-state index in [4.69, 9.17) is 0 Å². The molecule has 3 nitrogen and oxygen atoms in total. The first kappa shape index (κ1) is 13.2. The summed E-state index contributed by atoms with van der Waals surface area (Å²) in [5, 5.41) is 7.57. The van der Waals surface area contributed by atoms with Crippen molar-refractivity contribution in [1.29, 1.82) is 0 Å². The van der Waals surface area contributed by atoms with Gasteiger partial charge in [-0.05, 0) is 18.9 Å². The topological polar surface area (TPSA) is 42.9 Å². The molecule has 0 spiro atoms. The summed E-state index contributed by atoms with van der Waals surface area (Å²) in [5.41, 5.74) is 3.68. The molecule has 2 aromatic rings. The van der Waals surface area contributed by atoms with Gasteiger partial charge in [0.25, 0.3) is 0 Å². The number of carbonyl (C=O) groups is 1. The second-order valence-electron chi connectivity index (χ2n) is 3.88. The first-order valence-electron chi connectivity index (χ1n) is 5.76. The molecule has 0 saturated carbocycles. The van der Waals surface area contributed by atoms with Crippen LogP contribution in [-0.2, 0) is 6.42 Å². The number of nitrogens with zero attached hydrogens (tertiary/aromatic N) is 2. The van der Waals surface area contributed by atoms with Gasteiger partial charge in [0.05, 0.1) is 5.25 Å². The molecule has 1 heterocycles. The van der Waals surface area contributed by atoms with Crippen LogP contribution in [0.5, 0.6) is 0 Å². The highest BCUT2D eigenvalue weighted by molar-refractivity contribution is 8.02. The minimum Gasteiger partial charge on any atom is -0.293 e. The Balaban J connectivity index is 2.05. The fourth-order valence-electron chi connectivity index (χ4n) is 1.56. The highest BCUT2D eigenvalue weighted by Crippen LogP contribution is 2.26. The molecular formula is C13H14N2OS2. The third-order valence-corrected chi connectivity index (χ3v) is 4.54. The van der Waals surface area contributed by atoms with Crippen LogP contribution in [0.25, 0.3) is 0 Å². The fraction of sp³-hybridized carbons (Fsp3) is 0.308. The zero-order chi connectivity index (χ0) is 13.0. The van der Waals surface area contributed by atoms with Gasteiger partial charge in [-0.3, -0.25) is 4.79 Å². The van der Waals surface area contributed by atoms with E-state index >= 15 is 0 Å². The van der Waals surface area contributed by atoms with Gasteiger partial charge in [-0.15, -0.1) is 10.2 Å². The molecule has 1 aromatic carbocycles. The summed E-state index contributed by atoms with van der Waals surface area (Å²) in [6.45, 7) is 4.01. The maximum Gasteiger partial charge on any atom is 0.175 e. The minimum atomic E-state index is -0.134. The molecule has 0 fully saturated rings. The van der Waals surface area contributed by atoms with Gasteiger partial charge < -0.3 is 0 Å². The summed E-state index contributed by atoms with van der Waals surface area (Å²) in [7, 11) is 0. The minimum absolute atomic E-state index is 0.134. The van der Waals surface area contributed by atoms with Gasteiger partial charge in [0.2, 0.25) is 0 Å². The maximum atomic E-state index is 12.2. The second kappa shape index (κ2) is 6.11. The van der Waals surface area contributed by atoms with E-state index in [9.17, 15) is 4.79 Å². The summed E-state index contributed by atoms with van der Waals surface area (Å²) < 4.78 is 0.834. The lowest BCUT2D eigenvalue weighted by Crippen LogP contribution is -2.13. The summed E-state index contributed by atoms with van der Waals surface area (Å²) in [4.78, 5) is 12.2. The van der Waals surface area contributed by atoms with Crippen molar-refractivity contribution < 1.29 is 4.79 Å². The number of ketones is 1. The summed E-state index contributed by atoms with van der Waals surface area (Å²) in [6, 6.07) is 7.82. The maximum absolute atomic E-state index is 12.2. The average Bonchev–Trinajstić information content (AvgIpc) is 2.91. The Labute approximate surface area is 115 Å². The Kier molecular flexibility index (Phi) is 4.49. The lowest BCUT2D eigenvalue weighted by molar-refractivity contribution is 0.0994. The molecule has 0 aliphatic rings. The Morgan fingerprint density at radius 2 is 2.11 bits per heavy atom. The van der Waals surface area contributed by atoms with Crippen LogP contribution in [0.4, 0.5) is 0 Å². The molecule has 1 aromatic heterocycles. The van der Waals surface area contributed by atoms with Crippen LogP contribution >= 0.6 is 23.1 Å². The summed E-state index contributed by atoms with van der Waals surface area (Å²) in [5.74, 6) is 0.137. The van der Waals surface area contributed by atoms with Gasteiger partial charge in [-0.2, -0.15) is 0 Å². The van der Waals surface area contributed by atoms with E-state index < -0.39 is 0 Å². The van der Waals surface area contributed by atoms with Crippen LogP contribution in [0.1, 0.15) is 29.8 Å². The van der Waals surface area contributed by atoms with Crippen LogP contribution in [0.15, 0.2) is 34.1 Å². The molecule has 0 aliphatic carbocycles. The number of Topliss-reactive ketones (excluding diaryl/α,β-unsaturated/α-hetero) is 1. The van der Waals surface area contributed by atoms with E-state index in [0.717, 1.165) is 16.3 Å². The summed E-state index contributed by atoms with van der Waals surface area (Å²) >= 11 is 2.92. The zero-order valence-electron chi connectivity index (χ0n) is 10.3. The molecular weight excluding hydrogens is 264 g/mol. The monoisotopic (exact) mass is 278 g/mol. The van der Waals surface area contributed by atoms with Crippen molar-refractivity contribution in [2.24, 2.45) is 0 Å². The Morgan fingerprint density at radius 3 is 2.67 bits per heavy atom. The van der Waals surface area contributed by atoms with Gasteiger partial charge >= 0.3 is 0 Å². The Morgan fingerprint density at radius 1 is 1.39 bits per heavy atom. The van der Waals surface area contributed by atoms with E-state index in [1.165, 1.54) is 28.7 Å². The van der Waals surface area contributed by atoms with Gasteiger partial charge in [-0.1, -0.05) is 54.3 Å². The van der Waals surface area contributed by atoms with Gasteiger partial charge in [0.15, 0.2) is 10.1 Å². The fourth-order valence-corrected chi connectivity index (χ4v) is 3.26. The summed E-state index contributed by atoms with van der Waals surface area (Å²) in [6.07, 6.45) is 0.990. The Bertz CT molecular complexity index is 508. The molecule has 0 saturated heterocycles. The smallest absolute Gasteiger partial charge is 0.175 e. The van der Waals surface area contributed by atoms with Crippen LogP contribution < -0.4 is 0 Å². The van der Waals surface area contributed by atoms with Crippen LogP contribution in [0, 0.1) is 0 Å². The standard InChI is InChI=1S/C13H14N2OS2/c1-3-10-4-6-11(7-5-10)12(16)9(2)18-13-15-14-8-17-13/h4-9H,3H2,1-2H3/t9-/m0/s1. The Hall–Kier alpha value is -1.20. The number of rotatable bonds is 5. The third kappa shape index (κ3) is 3.17. The van der Waals surface area contributed by atoms with Crippen LogP contribution in [-0.4, -0.2) is 21.2 Å². The number of aryl methyl sites for hydroxylation is 1. The molecule has 0 N–H and O–H groups in total. The first-order chi connectivity index (χ1) is 8.70. The molecule has 0 amide bonds. The van der Waals surface area contributed by atoms with E-state index in [2.05, 4.69) is 17.1 Å². The lowest BCUT2D eigenvalue weighted by Gasteiger charge is -2.08. The highest BCUT2D eigenvalue weighted by Gasteiger charge is 2.17. The van der Waals surface area contributed by atoms with Crippen molar-refractivity contribution in [3.63, 3.8) is 0 Å². The van der Waals surface area contributed by atoms with Crippen LogP contribution in [0.2, 0.25) is 0 Å². The number of hydrogen-bond acceptors (Lipinski definition) is 5. The molecule has 2 rings (SSSR count). The lowest BCUT2D eigenvalue weighted by atomic mass is 10.1. The normalized spacial score (nSPS) is 12.3. The number of carbonyl (C=O) groups excluding carboxylic acids is 1. The average molecular weight is 278 g/mol. The predicted molar refractivity (Wildman–Crippen MR) is 75.4 cm³/mol. The number of hydrogen-bond donors (Lipinski definition) is 0. The van der Waals surface area contributed by atoms with Crippen molar-refractivity contribution in [2.75, 3.05) is 0 Å². The van der Waals surface area contributed by atoms with Crippen molar-refractivity contribution in [1.82, 2.24) is 10.2 Å². The molecule has 5 heteroatoms. The number of aromatic nitrogens is 2. The predicted octanol–water partition coefficient (Wildman–Crippen LogP) is 3.46. The SMILES string of the molecule is CCc1ccc(C(=O)[C@H](C)Sc2nncs2)cc1. The van der Waals surface area contributed by atoms with Gasteiger partial charge in [0.1, 0.15) is 5.51 Å². The van der Waals surface area contributed by atoms with Crippen molar-refractivity contribution in [2.45, 2.75) is 29.9 Å². The van der Waals surface area contributed by atoms with Crippen molar-refractivity contribution in [3.8, 4) is 0 Å². The van der Waals surface area contributed by atoms with Crippen LogP contribution in [0.3, 0.4) is 0 Å². The number of thioether (sulfide) groups is 1. The highest BCUT2D eigenvalue weighted by atomic mass is 32.2. The largest absolute Gasteiger partial charge is 0.293 e. The van der Waals surface area contributed by atoms with E-state index in [-0.39, 0.29) is 11.0 Å². The van der Waals surface area contributed by atoms with E-state index in [1.54, 1.807) is 5.51 Å². The molecule has 0 unspecified atom stereocenters. The second-order valence-corrected chi connectivity index (χ2v) is 6.30. The van der Waals surface area contributed by atoms with E-state index in [1.807, 2.05) is 31.2 Å². The number of benzene rings is 1. The van der Waals surface area contributed by atoms with Gasteiger partial charge in [-0.25, -0.2) is 0 Å². The van der Waals surface area contributed by atoms with Crippen molar-refractivity contribution >= 4 is 28.9 Å². The quantitative estimate of drug-likeness (QED) is 0.620. The molecule has 0 bridgehead atoms. The van der Waals surface area contributed by atoms with Gasteiger partial charge in [0, 0.05) is 5.56 Å². The molecule has 0 aliphatic heterocycles. The third-order valence-electron chi connectivity index (χ3n) is 2.63. The van der Waals surface area contributed by atoms with Crippen molar-refractivity contribution in [3.05, 3.63) is 40.9 Å². The molecule has 0 radical (unpaired) electrons. The first-order valence-corrected chi connectivity index (χ1v) is 7.52. The van der Waals surface area contributed by atoms with E-state index in [0.29, 0.717) is 0 Å². The molecule has 18 heavy (non-hydrogen) atoms. The zero-order valence-corrected chi connectivity index (χ0v) is 11.9. The molecule has 1 atom stereocenters. The molecule has 94 valence electrons.